The van der Waals surface area contributed by atoms with Crippen molar-refractivity contribution >= 4 is 34.3 Å². The number of anilines is 2. The molecule has 0 bridgehead atoms. The lowest BCUT2D eigenvalue weighted by molar-refractivity contribution is 0.173. The molecule has 4 nitrogen and oxygen atoms in total. The summed E-state index contributed by atoms with van der Waals surface area (Å²) in [6.45, 7) is 1.55. The monoisotopic (exact) mass is 459 g/mol. The number of nitrogens with zero attached hydrogens (tertiary/aromatic N) is 1. The smallest absolute Gasteiger partial charge is 0.231 e. The van der Waals surface area contributed by atoms with Gasteiger partial charge in [0.05, 0.1) is 16.3 Å². The number of hydrogen-bond donors (Lipinski definition) is 0. The molecule has 0 unspecified atom stereocenters. The van der Waals surface area contributed by atoms with Crippen LogP contribution in [-0.4, -0.2) is 13.4 Å². The number of para-hydroxylation sites is 2. The number of rotatable bonds is 2. The Morgan fingerprint density at radius 3 is 2.16 bits per heavy atom. The van der Waals surface area contributed by atoms with Crippen LogP contribution < -0.4 is 19.1 Å². The summed E-state index contributed by atoms with van der Waals surface area (Å²) in [4.78, 5) is 3.62. The quantitative estimate of drug-likeness (QED) is 0.342. The first-order chi connectivity index (χ1) is 15.7. The molecule has 0 saturated heterocycles. The van der Waals surface area contributed by atoms with Crippen LogP contribution in [0.15, 0.2) is 72.8 Å². The fourth-order valence-corrected chi connectivity index (χ4v) is 6.34. The van der Waals surface area contributed by atoms with E-state index >= 15 is 0 Å². The fraction of sp³-hybridized carbons (Fsp3) is 0.154. The standard InChI is InChI=1S/C26H18ClNO3S/c27-25-10-9-16(32-25)13-28-20-7-3-1-5-17(20)26(18-6-2-4-8-21(18)28)14-29-22-12-24-23(11-19(22)26)30-15-31-24/h1-12H,13-15H2. The van der Waals surface area contributed by atoms with Crippen LogP contribution in [0.25, 0.3) is 0 Å². The van der Waals surface area contributed by atoms with Gasteiger partial charge < -0.3 is 19.1 Å². The molecule has 4 heterocycles. The number of ether oxygens (including phenoxy) is 3. The van der Waals surface area contributed by atoms with Crippen molar-refractivity contribution in [3.8, 4) is 17.2 Å². The molecule has 0 saturated carbocycles. The average molecular weight is 460 g/mol. The Morgan fingerprint density at radius 1 is 0.781 bits per heavy atom. The van der Waals surface area contributed by atoms with Gasteiger partial charge in [0.1, 0.15) is 12.4 Å². The maximum absolute atomic E-state index is 6.32. The molecule has 1 aromatic heterocycles. The summed E-state index contributed by atoms with van der Waals surface area (Å²) in [5, 5.41) is 0. The number of thiophene rings is 1. The lowest BCUT2D eigenvalue weighted by Crippen LogP contribution is -2.39. The predicted octanol–water partition coefficient (Wildman–Crippen LogP) is 6.51. The topological polar surface area (TPSA) is 30.9 Å². The normalized spacial score (nSPS) is 16.5. The summed E-state index contributed by atoms with van der Waals surface area (Å²) in [6.07, 6.45) is 0. The molecule has 3 aliphatic heterocycles. The minimum absolute atomic E-state index is 0.246. The van der Waals surface area contributed by atoms with E-state index in [1.807, 2.05) is 12.1 Å². The summed E-state index contributed by atoms with van der Waals surface area (Å²) in [5.41, 5.74) is 5.56. The van der Waals surface area contributed by atoms with Crippen LogP contribution in [0.1, 0.15) is 21.6 Å². The first-order valence-corrected chi connectivity index (χ1v) is 11.7. The van der Waals surface area contributed by atoms with E-state index in [4.69, 9.17) is 25.8 Å². The second-order valence-corrected chi connectivity index (χ2v) is 10.0. The van der Waals surface area contributed by atoms with Crippen molar-refractivity contribution in [1.82, 2.24) is 0 Å². The molecule has 3 aliphatic rings. The van der Waals surface area contributed by atoms with Crippen molar-refractivity contribution in [3.63, 3.8) is 0 Å². The second-order valence-electron chi connectivity index (χ2n) is 8.22. The Balaban J connectivity index is 1.48. The zero-order valence-electron chi connectivity index (χ0n) is 17.0. The van der Waals surface area contributed by atoms with Crippen molar-refractivity contribution in [1.29, 1.82) is 0 Å². The highest BCUT2D eigenvalue weighted by Gasteiger charge is 2.50. The van der Waals surface area contributed by atoms with Gasteiger partial charge in [0.15, 0.2) is 11.5 Å². The largest absolute Gasteiger partial charge is 0.491 e. The van der Waals surface area contributed by atoms with Crippen LogP contribution in [0.5, 0.6) is 17.2 Å². The summed E-state index contributed by atoms with van der Waals surface area (Å²) >= 11 is 7.87. The molecule has 0 radical (unpaired) electrons. The van der Waals surface area contributed by atoms with Crippen molar-refractivity contribution in [2.45, 2.75) is 12.0 Å². The zero-order chi connectivity index (χ0) is 21.3. The molecule has 0 fully saturated rings. The number of halogens is 1. The molecule has 0 aliphatic carbocycles. The Kier molecular flexibility index (Phi) is 3.84. The Labute approximate surface area is 194 Å². The molecule has 7 rings (SSSR count). The number of fused-ring (bicyclic) bond motifs is 7. The second kappa shape index (κ2) is 6.67. The summed E-state index contributed by atoms with van der Waals surface area (Å²) in [6, 6.07) is 25.4. The number of hydrogen-bond acceptors (Lipinski definition) is 5. The molecule has 1 spiro atoms. The van der Waals surface area contributed by atoms with E-state index in [0.29, 0.717) is 6.61 Å². The van der Waals surface area contributed by atoms with E-state index in [2.05, 4.69) is 65.6 Å². The van der Waals surface area contributed by atoms with Gasteiger partial charge in [-0.15, -0.1) is 11.3 Å². The van der Waals surface area contributed by atoms with Crippen LogP contribution in [0.3, 0.4) is 0 Å². The molecular weight excluding hydrogens is 442 g/mol. The zero-order valence-corrected chi connectivity index (χ0v) is 18.6. The van der Waals surface area contributed by atoms with Gasteiger partial charge in [0, 0.05) is 27.9 Å². The highest BCUT2D eigenvalue weighted by molar-refractivity contribution is 7.16. The lowest BCUT2D eigenvalue weighted by atomic mass is 9.67. The van der Waals surface area contributed by atoms with Crippen LogP contribution in [-0.2, 0) is 12.0 Å². The molecule has 3 aromatic carbocycles. The third kappa shape index (κ3) is 2.43. The first-order valence-electron chi connectivity index (χ1n) is 10.5. The van der Waals surface area contributed by atoms with E-state index < -0.39 is 5.41 Å². The Morgan fingerprint density at radius 2 is 1.47 bits per heavy atom. The Bertz CT molecular complexity index is 1330. The number of benzene rings is 3. The third-order valence-corrected chi connectivity index (χ3v) is 7.85. The minimum Gasteiger partial charge on any atom is -0.491 e. The van der Waals surface area contributed by atoms with Crippen molar-refractivity contribution in [2.75, 3.05) is 18.3 Å². The summed E-state index contributed by atoms with van der Waals surface area (Å²) < 4.78 is 18.5. The van der Waals surface area contributed by atoms with Crippen LogP contribution in [0.4, 0.5) is 11.4 Å². The summed E-state index contributed by atoms with van der Waals surface area (Å²) in [5.74, 6) is 2.38. The minimum atomic E-state index is -0.410. The Hall–Kier alpha value is -3.15. The molecule has 158 valence electrons. The van der Waals surface area contributed by atoms with Gasteiger partial charge in [-0.1, -0.05) is 48.0 Å². The fourth-order valence-electron chi connectivity index (χ4n) is 5.26. The van der Waals surface area contributed by atoms with E-state index in [1.165, 1.54) is 27.4 Å². The van der Waals surface area contributed by atoms with Gasteiger partial charge in [-0.2, -0.15) is 0 Å². The van der Waals surface area contributed by atoms with Gasteiger partial charge in [-0.3, -0.25) is 0 Å². The van der Waals surface area contributed by atoms with E-state index in [0.717, 1.165) is 33.7 Å². The molecule has 0 N–H and O–H groups in total. The summed E-state index contributed by atoms with van der Waals surface area (Å²) in [7, 11) is 0. The highest BCUT2D eigenvalue weighted by Crippen LogP contribution is 2.59. The molecule has 4 aromatic rings. The van der Waals surface area contributed by atoms with Gasteiger partial charge in [0.2, 0.25) is 6.79 Å². The third-order valence-electron chi connectivity index (χ3n) is 6.63. The van der Waals surface area contributed by atoms with E-state index in [1.54, 1.807) is 11.3 Å². The lowest BCUT2D eigenvalue weighted by Gasteiger charge is -2.43. The molecule has 0 atom stereocenters. The first kappa shape index (κ1) is 18.4. The van der Waals surface area contributed by atoms with Crippen LogP contribution >= 0.6 is 22.9 Å². The van der Waals surface area contributed by atoms with Gasteiger partial charge in [-0.25, -0.2) is 0 Å². The van der Waals surface area contributed by atoms with Crippen molar-refractivity contribution in [3.05, 3.63) is 98.7 Å². The van der Waals surface area contributed by atoms with Gasteiger partial charge >= 0.3 is 0 Å². The van der Waals surface area contributed by atoms with E-state index in [-0.39, 0.29) is 6.79 Å². The average Bonchev–Trinajstić information content (AvgIpc) is 3.54. The maximum Gasteiger partial charge on any atom is 0.231 e. The van der Waals surface area contributed by atoms with Gasteiger partial charge in [-0.05, 0) is 41.5 Å². The predicted molar refractivity (Wildman–Crippen MR) is 126 cm³/mol. The van der Waals surface area contributed by atoms with Crippen LogP contribution in [0.2, 0.25) is 4.34 Å². The highest BCUT2D eigenvalue weighted by atomic mass is 35.5. The van der Waals surface area contributed by atoms with E-state index in [9.17, 15) is 0 Å². The maximum atomic E-state index is 6.32. The van der Waals surface area contributed by atoms with Crippen LogP contribution in [0, 0.1) is 0 Å². The molecular formula is C26H18ClNO3S. The molecule has 0 amide bonds. The van der Waals surface area contributed by atoms with Crippen molar-refractivity contribution in [2.24, 2.45) is 0 Å². The molecule has 32 heavy (non-hydrogen) atoms. The van der Waals surface area contributed by atoms with Gasteiger partial charge in [0.25, 0.3) is 0 Å². The SMILES string of the molecule is Clc1ccc(CN2c3ccccc3C3(COc4cc5c(cc43)OCO5)c3ccccc32)s1. The van der Waals surface area contributed by atoms with Crippen molar-refractivity contribution < 1.29 is 14.2 Å². The molecule has 6 heteroatoms.